The maximum atomic E-state index is 13.4. The van der Waals surface area contributed by atoms with E-state index in [0.29, 0.717) is 28.3 Å². The Morgan fingerprint density at radius 2 is 1.74 bits per heavy atom. The lowest BCUT2D eigenvalue weighted by molar-refractivity contribution is 0.102. The minimum absolute atomic E-state index is 0.232. The van der Waals surface area contributed by atoms with E-state index in [1.165, 1.54) is 23.5 Å². The summed E-state index contributed by atoms with van der Waals surface area (Å²) >= 11 is 1.19. The van der Waals surface area contributed by atoms with Gasteiger partial charge in [-0.2, -0.15) is 0 Å². The molecule has 0 radical (unpaired) electrons. The summed E-state index contributed by atoms with van der Waals surface area (Å²) in [6, 6.07) is 20.3. The molecule has 5 rings (SSSR count). The SMILES string of the molecule is Cc1cccc(C(=O)Nc2ccc3c(c2)C[C@@H](NS(=O)(=O)c2cccs2)C3)c1-c1ccc(F)cc1. The molecule has 0 fully saturated rings. The fourth-order valence-electron chi connectivity index (χ4n) is 4.53. The number of halogens is 1. The zero-order valence-electron chi connectivity index (χ0n) is 18.9. The molecule has 1 heterocycles. The van der Waals surface area contributed by atoms with Crippen molar-refractivity contribution in [2.24, 2.45) is 0 Å². The molecule has 4 aromatic rings. The van der Waals surface area contributed by atoms with Crippen LogP contribution in [0, 0.1) is 12.7 Å². The van der Waals surface area contributed by atoms with Crippen molar-refractivity contribution in [2.75, 3.05) is 5.32 Å². The Hall–Kier alpha value is -3.33. The van der Waals surface area contributed by atoms with Gasteiger partial charge in [-0.25, -0.2) is 17.5 Å². The molecule has 35 heavy (non-hydrogen) atoms. The molecule has 1 atom stereocenters. The summed E-state index contributed by atoms with van der Waals surface area (Å²) in [4.78, 5) is 13.2. The van der Waals surface area contributed by atoms with Crippen LogP contribution >= 0.6 is 11.3 Å². The van der Waals surface area contributed by atoms with E-state index in [4.69, 9.17) is 0 Å². The molecule has 1 aliphatic rings. The molecule has 0 spiro atoms. The topological polar surface area (TPSA) is 75.3 Å². The van der Waals surface area contributed by atoms with Crippen LogP contribution in [-0.4, -0.2) is 20.4 Å². The van der Waals surface area contributed by atoms with Crippen LogP contribution in [0.4, 0.5) is 10.1 Å². The molecule has 0 aliphatic heterocycles. The van der Waals surface area contributed by atoms with Crippen molar-refractivity contribution in [2.45, 2.75) is 30.0 Å². The number of aryl methyl sites for hydroxylation is 1. The maximum Gasteiger partial charge on any atom is 0.256 e. The molecule has 1 aliphatic carbocycles. The summed E-state index contributed by atoms with van der Waals surface area (Å²) < 4.78 is 41.7. The largest absolute Gasteiger partial charge is 0.322 e. The number of hydrogen-bond acceptors (Lipinski definition) is 4. The lowest BCUT2D eigenvalue weighted by Crippen LogP contribution is -2.34. The predicted octanol–water partition coefficient (Wildman–Crippen LogP) is 5.56. The van der Waals surface area contributed by atoms with Crippen LogP contribution in [0.2, 0.25) is 0 Å². The first-order chi connectivity index (χ1) is 16.8. The van der Waals surface area contributed by atoms with Crippen LogP contribution in [-0.2, 0) is 22.9 Å². The van der Waals surface area contributed by atoms with E-state index in [1.807, 2.05) is 37.3 Å². The second-order valence-corrected chi connectivity index (χ2v) is 11.5. The number of fused-ring (bicyclic) bond motifs is 1. The van der Waals surface area contributed by atoms with Crippen molar-refractivity contribution >= 4 is 33.0 Å². The number of hydrogen-bond donors (Lipinski definition) is 2. The summed E-state index contributed by atoms with van der Waals surface area (Å²) in [5, 5.41) is 4.71. The van der Waals surface area contributed by atoms with E-state index in [-0.39, 0.29) is 17.8 Å². The predicted molar refractivity (Wildman–Crippen MR) is 137 cm³/mol. The van der Waals surface area contributed by atoms with Crippen LogP contribution in [0.15, 0.2) is 82.4 Å². The van der Waals surface area contributed by atoms with Gasteiger partial charge in [-0.3, -0.25) is 4.79 Å². The van der Waals surface area contributed by atoms with E-state index in [1.54, 1.807) is 35.7 Å². The normalized spacial score (nSPS) is 15.1. The highest BCUT2D eigenvalue weighted by molar-refractivity contribution is 7.91. The number of nitrogens with one attached hydrogen (secondary N) is 2. The van der Waals surface area contributed by atoms with Gasteiger partial charge in [0.25, 0.3) is 5.91 Å². The fraction of sp³-hybridized carbons (Fsp3) is 0.148. The first-order valence-corrected chi connectivity index (χ1v) is 13.5. The molecule has 5 nitrogen and oxygen atoms in total. The third-order valence-corrected chi connectivity index (χ3v) is 9.05. The van der Waals surface area contributed by atoms with Crippen LogP contribution in [0.25, 0.3) is 11.1 Å². The highest BCUT2D eigenvalue weighted by atomic mass is 32.2. The number of sulfonamides is 1. The van der Waals surface area contributed by atoms with Gasteiger partial charge in [0.05, 0.1) is 0 Å². The second-order valence-electron chi connectivity index (χ2n) is 8.60. The van der Waals surface area contributed by atoms with Crippen molar-refractivity contribution in [3.63, 3.8) is 0 Å². The van der Waals surface area contributed by atoms with Gasteiger partial charge < -0.3 is 5.32 Å². The fourth-order valence-corrected chi connectivity index (χ4v) is 6.77. The minimum atomic E-state index is -3.55. The van der Waals surface area contributed by atoms with Crippen LogP contribution in [0.5, 0.6) is 0 Å². The minimum Gasteiger partial charge on any atom is -0.322 e. The Morgan fingerprint density at radius 1 is 0.971 bits per heavy atom. The highest BCUT2D eigenvalue weighted by Crippen LogP contribution is 2.30. The van der Waals surface area contributed by atoms with E-state index in [9.17, 15) is 17.6 Å². The molecular formula is C27H23FN2O3S2. The number of rotatable bonds is 6. The molecule has 3 aromatic carbocycles. The lowest BCUT2D eigenvalue weighted by atomic mass is 9.94. The molecule has 8 heteroatoms. The van der Waals surface area contributed by atoms with E-state index in [2.05, 4.69) is 10.0 Å². The first-order valence-electron chi connectivity index (χ1n) is 11.1. The zero-order valence-corrected chi connectivity index (χ0v) is 20.5. The number of benzene rings is 3. The van der Waals surface area contributed by atoms with Gasteiger partial charge in [0, 0.05) is 17.3 Å². The molecule has 1 aromatic heterocycles. The van der Waals surface area contributed by atoms with Gasteiger partial charge in [0.15, 0.2) is 0 Å². The maximum absolute atomic E-state index is 13.4. The third-order valence-electron chi connectivity index (χ3n) is 6.13. The molecule has 178 valence electrons. The number of carbonyl (C=O) groups excluding carboxylic acids is 1. The summed E-state index contributed by atoms with van der Waals surface area (Å²) in [6.45, 7) is 1.92. The Bertz CT molecular complexity index is 1500. The summed E-state index contributed by atoms with van der Waals surface area (Å²) in [5.74, 6) is -0.594. The molecule has 0 bridgehead atoms. The van der Waals surface area contributed by atoms with Crippen molar-refractivity contribution in [3.8, 4) is 11.1 Å². The summed E-state index contributed by atoms with van der Waals surface area (Å²) in [5.41, 5.74) is 5.65. The molecule has 0 saturated carbocycles. The smallest absolute Gasteiger partial charge is 0.256 e. The Kier molecular flexibility index (Phi) is 6.27. The van der Waals surface area contributed by atoms with Gasteiger partial charge in [0.1, 0.15) is 10.0 Å². The van der Waals surface area contributed by atoms with Gasteiger partial charge in [-0.15, -0.1) is 11.3 Å². The molecule has 1 amide bonds. The Balaban J connectivity index is 1.34. The number of amides is 1. The molecule has 2 N–H and O–H groups in total. The average molecular weight is 507 g/mol. The van der Waals surface area contributed by atoms with Gasteiger partial charge in [0.2, 0.25) is 10.0 Å². The molecular weight excluding hydrogens is 483 g/mol. The average Bonchev–Trinajstić information content (AvgIpc) is 3.49. The quantitative estimate of drug-likeness (QED) is 0.360. The first kappa shape index (κ1) is 23.4. The molecule has 0 saturated heterocycles. The standard InChI is InChI=1S/C27H23FN2O3S2/c1-17-4-2-5-24(26(17)18-7-10-21(28)11-8-18)27(31)29-22-12-9-19-14-23(16-20(19)15-22)30-35(32,33)25-6-3-13-34-25/h2-13,15,23,30H,14,16H2,1H3,(H,29,31)/t23-/m0/s1. The van der Waals surface area contributed by atoms with Crippen molar-refractivity contribution < 1.29 is 17.6 Å². The van der Waals surface area contributed by atoms with Gasteiger partial charge in [-0.05, 0) is 89.4 Å². The van der Waals surface area contributed by atoms with Crippen LogP contribution in [0.3, 0.4) is 0 Å². The monoisotopic (exact) mass is 506 g/mol. The second kappa shape index (κ2) is 9.37. The summed E-state index contributed by atoms with van der Waals surface area (Å²) in [6.07, 6.45) is 1.15. The lowest BCUT2D eigenvalue weighted by Gasteiger charge is -2.14. The Labute approximate surface area is 207 Å². The van der Waals surface area contributed by atoms with Crippen molar-refractivity contribution in [3.05, 3.63) is 106 Å². The van der Waals surface area contributed by atoms with E-state index >= 15 is 0 Å². The van der Waals surface area contributed by atoms with Crippen LogP contribution < -0.4 is 10.0 Å². The Morgan fingerprint density at radius 3 is 2.49 bits per heavy atom. The van der Waals surface area contributed by atoms with E-state index < -0.39 is 10.0 Å². The summed E-state index contributed by atoms with van der Waals surface area (Å²) in [7, 11) is -3.55. The van der Waals surface area contributed by atoms with Crippen molar-refractivity contribution in [1.29, 1.82) is 0 Å². The zero-order chi connectivity index (χ0) is 24.6. The van der Waals surface area contributed by atoms with Gasteiger partial charge in [-0.1, -0.05) is 36.4 Å². The number of thiophene rings is 1. The van der Waals surface area contributed by atoms with Crippen LogP contribution in [0.1, 0.15) is 27.0 Å². The van der Waals surface area contributed by atoms with Crippen molar-refractivity contribution in [1.82, 2.24) is 4.72 Å². The molecule has 0 unspecified atom stereocenters. The number of carbonyl (C=O) groups is 1. The number of anilines is 1. The highest BCUT2D eigenvalue weighted by Gasteiger charge is 2.27. The van der Waals surface area contributed by atoms with E-state index in [0.717, 1.165) is 27.8 Å². The third kappa shape index (κ3) is 4.91. The van der Waals surface area contributed by atoms with Gasteiger partial charge >= 0.3 is 0 Å².